The number of hydrogen-bond donors (Lipinski definition) is 2. The van der Waals surface area contributed by atoms with Crippen LogP contribution in [0, 0.1) is 6.92 Å². The second-order valence-electron chi connectivity index (χ2n) is 7.36. The molecule has 0 bridgehead atoms. The molecule has 0 aliphatic rings. The summed E-state index contributed by atoms with van der Waals surface area (Å²) < 4.78 is 0. The number of aryl methyl sites for hydroxylation is 1. The van der Waals surface area contributed by atoms with Crippen LogP contribution in [0.25, 0.3) is 11.1 Å². The van der Waals surface area contributed by atoms with Crippen molar-refractivity contribution in [3.63, 3.8) is 0 Å². The van der Waals surface area contributed by atoms with E-state index in [1.807, 2.05) is 30.3 Å². The van der Waals surface area contributed by atoms with Gasteiger partial charge in [0.1, 0.15) is 0 Å². The van der Waals surface area contributed by atoms with Crippen molar-refractivity contribution in [2.45, 2.75) is 13.3 Å². The molecule has 0 unspecified atom stereocenters. The van der Waals surface area contributed by atoms with Gasteiger partial charge >= 0.3 is 0 Å². The van der Waals surface area contributed by atoms with Gasteiger partial charge in [-0.3, -0.25) is 4.79 Å². The summed E-state index contributed by atoms with van der Waals surface area (Å²) in [5.74, 6) is 0.382. The van der Waals surface area contributed by atoms with E-state index in [-0.39, 0.29) is 5.91 Å². The number of rotatable bonds is 7. The molecule has 0 radical (unpaired) electrons. The lowest BCUT2D eigenvalue weighted by molar-refractivity contribution is 0.0954. The third-order valence-corrected chi connectivity index (χ3v) is 4.96. The van der Waals surface area contributed by atoms with Crippen LogP contribution in [0.2, 0.25) is 0 Å². The number of amides is 1. The molecule has 154 valence electrons. The molecule has 2 N–H and O–H groups in total. The Morgan fingerprint density at radius 3 is 2.32 bits per heavy atom. The van der Waals surface area contributed by atoms with Crippen molar-refractivity contribution in [1.29, 1.82) is 0 Å². The molecule has 1 aromatic heterocycles. The SMILES string of the molecule is Cc1ccc(-c2cnc(Nc3cccc(C(=O)NCCc4ccccc4)c3)nc2)cc1. The highest BCUT2D eigenvalue weighted by Gasteiger charge is 2.07. The molecule has 0 aliphatic carbocycles. The third kappa shape index (κ3) is 5.54. The first kappa shape index (κ1) is 20.3. The predicted octanol–water partition coefficient (Wildman–Crippen LogP) is 5.17. The first-order chi connectivity index (χ1) is 15.2. The van der Waals surface area contributed by atoms with Crippen LogP contribution in [0.15, 0.2) is 91.3 Å². The maximum atomic E-state index is 12.5. The topological polar surface area (TPSA) is 66.9 Å². The van der Waals surface area contributed by atoms with Crippen LogP contribution < -0.4 is 10.6 Å². The summed E-state index contributed by atoms with van der Waals surface area (Å²) in [5, 5.41) is 6.14. The zero-order valence-corrected chi connectivity index (χ0v) is 17.4. The lowest BCUT2D eigenvalue weighted by Crippen LogP contribution is -2.25. The molecule has 5 heteroatoms. The Bertz CT molecular complexity index is 1140. The fraction of sp³-hybridized carbons (Fsp3) is 0.115. The van der Waals surface area contributed by atoms with Crippen molar-refractivity contribution in [2.75, 3.05) is 11.9 Å². The van der Waals surface area contributed by atoms with Crippen LogP contribution in [0.4, 0.5) is 11.6 Å². The largest absolute Gasteiger partial charge is 0.352 e. The van der Waals surface area contributed by atoms with Gasteiger partial charge in [0.25, 0.3) is 5.91 Å². The molecule has 0 spiro atoms. The van der Waals surface area contributed by atoms with Gasteiger partial charge in [0.05, 0.1) is 0 Å². The summed E-state index contributed by atoms with van der Waals surface area (Å²) in [7, 11) is 0. The van der Waals surface area contributed by atoms with Crippen LogP contribution >= 0.6 is 0 Å². The second-order valence-corrected chi connectivity index (χ2v) is 7.36. The van der Waals surface area contributed by atoms with Gasteiger partial charge in [-0.15, -0.1) is 0 Å². The summed E-state index contributed by atoms with van der Waals surface area (Å²) in [4.78, 5) is 21.3. The number of anilines is 2. The van der Waals surface area contributed by atoms with Crippen molar-refractivity contribution in [3.8, 4) is 11.1 Å². The fourth-order valence-electron chi connectivity index (χ4n) is 3.22. The minimum Gasteiger partial charge on any atom is -0.352 e. The van der Waals surface area contributed by atoms with E-state index in [1.165, 1.54) is 11.1 Å². The number of nitrogens with zero attached hydrogens (tertiary/aromatic N) is 2. The Morgan fingerprint density at radius 1 is 0.839 bits per heavy atom. The standard InChI is InChI=1S/C26H24N4O/c1-19-10-12-21(13-11-19)23-17-28-26(29-18-23)30-24-9-5-8-22(16-24)25(31)27-15-14-20-6-3-2-4-7-20/h2-13,16-18H,14-15H2,1H3,(H,27,31)(H,28,29,30). The maximum absolute atomic E-state index is 12.5. The van der Waals surface area contributed by atoms with Gasteiger partial charge in [0, 0.05) is 35.8 Å². The Morgan fingerprint density at radius 2 is 1.58 bits per heavy atom. The van der Waals surface area contributed by atoms with Gasteiger partial charge in [-0.25, -0.2) is 9.97 Å². The number of aromatic nitrogens is 2. The minimum absolute atomic E-state index is 0.102. The fourth-order valence-corrected chi connectivity index (χ4v) is 3.22. The van der Waals surface area contributed by atoms with E-state index in [1.54, 1.807) is 24.5 Å². The molecule has 0 atom stereocenters. The number of nitrogens with one attached hydrogen (secondary N) is 2. The van der Waals surface area contributed by atoms with Crippen LogP contribution in [-0.2, 0) is 6.42 Å². The average Bonchev–Trinajstić information content (AvgIpc) is 2.81. The number of hydrogen-bond acceptors (Lipinski definition) is 4. The Balaban J connectivity index is 1.36. The van der Waals surface area contributed by atoms with E-state index in [2.05, 4.69) is 63.9 Å². The molecule has 31 heavy (non-hydrogen) atoms. The normalized spacial score (nSPS) is 10.5. The second kappa shape index (κ2) is 9.67. The summed E-state index contributed by atoms with van der Waals surface area (Å²) in [6.45, 7) is 2.65. The van der Waals surface area contributed by atoms with Crippen LogP contribution in [0.1, 0.15) is 21.5 Å². The Hall–Kier alpha value is -3.99. The van der Waals surface area contributed by atoms with Gasteiger partial charge in [-0.1, -0.05) is 66.2 Å². The van der Waals surface area contributed by atoms with Crippen molar-refractivity contribution in [1.82, 2.24) is 15.3 Å². The molecule has 0 saturated heterocycles. The van der Waals surface area contributed by atoms with Crippen LogP contribution in [-0.4, -0.2) is 22.4 Å². The summed E-state index contributed by atoms with van der Waals surface area (Å²) >= 11 is 0. The first-order valence-corrected chi connectivity index (χ1v) is 10.3. The molecule has 1 heterocycles. The monoisotopic (exact) mass is 408 g/mol. The van der Waals surface area contributed by atoms with E-state index < -0.39 is 0 Å². The van der Waals surface area contributed by atoms with E-state index in [0.717, 1.165) is 23.2 Å². The number of carbonyl (C=O) groups is 1. The molecular weight excluding hydrogens is 384 g/mol. The summed E-state index contributed by atoms with van der Waals surface area (Å²) in [5.41, 5.74) is 5.80. The smallest absolute Gasteiger partial charge is 0.251 e. The molecule has 1 amide bonds. The Kier molecular flexibility index (Phi) is 6.33. The lowest BCUT2D eigenvalue weighted by atomic mass is 10.1. The molecule has 0 fully saturated rings. The first-order valence-electron chi connectivity index (χ1n) is 10.3. The molecule has 0 saturated carbocycles. The van der Waals surface area contributed by atoms with Gasteiger partial charge in [0.15, 0.2) is 0 Å². The highest BCUT2D eigenvalue weighted by molar-refractivity contribution is 5.95. The van der Waals surface area contributed by atoms with Gasteiger partial charge in [-0.2, -0.15) is 0 Å². The highest BCUT2D eigenvalue weighted by Crippen LogP contribution is 2.20. The highest BCUT2D eigenvalue weighted by atomic mass is 16.1. The van der Waals surface area contributed by atoms with Gasteiger partial charge in [-0.05, 0) is 42.7 Å². The maximum Gasteiger partial charge on any atom is 0.251 e. The van der Waals surface area contributed by atoms with E-state index in [4.69, 9.17) is 0 Å². The zero-order valence-electron chi connectivity index (χ0n) is 17.4. The van der Waals surface area contributed by atoms with Gasteiger partial charge < -0.3 is 10.6 Å². The van der Waals surface area contributed by atoms with E-state index >= 15 is 0 Å². The number of benzene rings is 3. The average molecular weight is 409 g/mol. The van der Waals surface area contributed by atoms with Crippen LogP contribution in [0.5, 0.6) is 0 Å². The molecule has 3 aromatic carbocycles. The quantitative estimate of drug-likeness (QED) is 0.443. The third-order valence-electron chi connectivity index (χ3n) is 4.96. The predicted molar refractivity (Wildman–Crippen MR) is 124 cm³/mol. The van der Waals surface area contributed by atoms with Crippen molar-refractivity contribution in [3.05, 3.63) is 108 Å². The number of carbonyl (C=O) groups excluding carboxylic acids is 1. The minimum atomic E-state index is -0.102. The van der Waals surface area contributed by atoms with Crippen molar-refractivity contribution < 1.29 is 4.79 Å². The van der Waals surface area contributed by atoms with Crippen molar-refractivity contribution in [2.24, 2.45) is 0 Å². The van der Waals surface area contributed by atoms with E-state index in [9.17, 15) is 4.79 Å². The molecule has 4 rings (SSSR count). The summed E-state index contributed by atoms with van der Waals surface area (Å²) in [6, 6.07) is 25.7. The Labute approximate surface area is 182 Å². The summed E-state index contributed by atoms with van der Waals surface area (Å²) in [6.07, 6.45) is 4.38. The van der Waals surface area contributed by atoms with Crippen molar-refractivity contribution >= 4 is 17.5 Å². The molecule has 0 aliphatic heterocycles. The lowest BCUT2D eigenvalue weighted by Gasteiger charge is -2.09. The molecule has 4 aromatic rings. The van der Waals surface area contributed by atoms with E-state index in [0.29, 0.717) is 18.1 Å². The molecule has 5 nitrogen and oxygen atoms in total. The van der Waals surface area contributed by atoms with Gasteiger partial charge in [0.2, 0.25) is 5.95 Å². The zero-order chi connectivity index (χ0) is 21.5. The van der Waals surface area contributed by atoms with Crippen LogP contribution in [0.3, 0.4) is 0 Å². The molecular formula is C26H24N4O.